The van der Waals surface area contributed by atoms with Crippen LogP contribution in [0.5, 0.6) is 11.5 Å². The maximum Gasteiger partial charge on any atom is 0.326 e. The van der Waals surface area contributed by atoms with E-state index in [1.54, 1.807) is 18.2 Å². The third-order valence-electron chi connectivity index (χ3n) is 3.61. The molecule has 0 aliphatic heterocycles. The smallest absolute Gasteiger partial charge is 0.326 e. The van der Waals surface area contributed by atoms with Crippen LogP contribution in [0.4, 0.5) is 0 Å². The van der Waals surface area contributed by atoms with Crippen molar-refractivity contribution >= 4 is 11.9 Å². The SMILES string of the molecule is COc1cccc(C[C@H](NC(C)=O)C(=O)O)c1OCc1ccccc1. The zero-order valence-corrected chi connectivity index (χ0v) is 14.2. The second-order valence-electron chi connectivity index (χ2n) is 5.52. The Morgan fingerprint density at radius 1 is 1.12 bits per heavy atom. The molecule has 0 aliphatic carbocycles. The van der Waals surface area contributed by atoms with Gasteiger partial charge in [-0.2, -0.15) is 0 Å². The van der Waals surface area contributed by atoms with Gasteiger partial charge in [0.15, 0.2) is 11.5 Å². The molecule has 2 aromatic rings. The van der Waals surface area contributed by atoms with Gasteiger partial charge in [0.25, 0.3) is 0 Å². The molecule has 2 aromatic carbocycles. The third kappa shape index (κ3) is 5.24. The lowest BCUT2D eigenvalue weighted by Gasteiger charge is -2.18. The number of hydrogen-bond donors (Lipinski definition) is 2. The Labute approximate surface area is 146 Å². The van der Waals surface area contributed by atoms with E-state index in [0.29, 0.717) is 23.7 Å². The highest BCUT2D eigenvalue weighted by molar-refractivity contribution is 5.82. The molecule has 0 saturated carbocycles. The molecule has 0 spiro atoms. The average Bonchev–Trinajstić information content (AvgIpc) is 2.60. The highest BCUT2D eigenvalue weighted by Crippen LogP contribution is 2.32. The second-order valence-corrected chi connectivity index (χ2v) is 5.52. The van der Waals surface area contributed by atoms with Crippen LogP contribution in [-0.2, 0) is 22.6 Å². The zero-order chi connectivity index (χ0) is 18.2. The average molecular weight is 343 g/mol. The number of carbonyl (C=O) groups is 2. The molecule has 25 heavy (non-hydrogen) atoms. The van der Waals surface area contributed by atoms with Crippen LogP contribution in [0.1, 0.15) is 18.1 Å². The summed E-state index contributed by atoms with van der Waals surface area (Å²) in [7, 11) is 1.52. The largest absolute Gasteiger partial charge is 0.493 e. The van der Waals surface area contributed by atoms with Crippen LogP contribution in [0.15, 0.2) is 48.5 Å². The van der Waals surface area contributed by atoms with Crippen molar-refractivity contribution in [1.29, 1.82) is 0 Å². The lowest BCUT2D eigenvalue weighted by Crippen LogP contribution is -2.41. The van der Waals surface area contributed by atoms with Gasteiger partial charge in [-0.1, -0.05) is 42.5 Å². The predicted molar refractivity (Wildman–Crippen MR) is 92.7 cm³/mol. The normalized spacial score (nSPS) is 11.4. The summed E-state index contributed by atoms with van der Waals surface area (Å²) in [5.74, 6) is -0.514. The van der Waals surface area contributed by atoms with Crippen LogP contribution in [0.3, 0.4) is 0 Å². The summed E-state index contributed by atoms with van der Waals surface area (Å²) in [6, 6.07) is 13.9. The number of aliphatic carboxylic acids is 1. The van der Waals surface area contributed by atoms with Crippen LogP contribution in [0.2, 0.25) is 0 Å². The Morgan fingerprint density at radius 3 is 2.44 bits per heavy atom. The number of rotatable bonds is 8. The molecule has 0 heterocycles. The topological polar surface area (TPSA) is 84.9 Å². The Bertz CT molecular complexity index is 730. The number of hydrogen-bond acceptors (Lipinski definition) is 4. The van der Waals surface area contributed by atoms with Gasteiger partial charge in [0.1, 0.15) is 12.6 Å². The lowest BCUT2D eigenvalue weighted by atomic mass is 10.0. The van der Waals surface area contributed by atoms with Crippen molar-refractivity contribution in [1.82, 2.24) is 5.32 Å². The molecule has 0 radical (unpaired) electrons. The quantitative estimate of drug-likeness (QED) is 0.769. The first-order chi connectivity index (χ1) is 12.0. The molecule has 1 atom stereocenters. The van der Waals surface area contributed by atoms with Crippen LogP contribution >= 0.6 is 0 Å². The molecule has 2 rings (SSSR count). The van der Waals surface area contributed by atoms with Gasteiger partial charge in [-0.15, -0.1) is 0 Å². The van der Waals surface area contributed by atoms with E-state index in [1.165, 1.54) is 14.0 Å². The molecule has 132 valence electrons. The molecule has 6 heteroatoms. The minimum atomic E-state index is -1.10. The van der Waals surface area contributed by atoms with E-state index < -0.39 is 17.9 Å². The maximum absolute atomic E-state index is 11.4. The van der Waals surface area contributed by atoms with Crippen LogP contribution in [0.25, 0.3) is 0 Å². The number of ether oxygens (including phenoxy) is 2. The fourth-order valence-electron chi connectivity index (χ4n) is 2.44. The Kier molecular flexibility index (Phi) is 6.39. The summed E-state index contributed by atoms with van der Waals surface area (Å²) < 4.78 is 11.2. The Balaban J connectivity index is 2.24. The molecular weight excluding hydrogens is 322 g/mol. The Morgan fingerprint density at radius 2 is 1.84 bits per heavy atom. The zero-order valence-electron chi connectivity index (χ0n) is 14.2. The summed E-state index contributed by atoms with van der Waals surface area (Å²) >= 11 is 0. The number of carboxylic acid groups (broad SMARTS) is 1. The van der Waals surface area contributed by atoms with E-state index in [1.807, 2.05) is 30.3 Å². The molecule has 0 aliphatic rings. The third-order valence-corrected chi connectivity index (χ3v) is 3.61. The van der Waals surface area contributed by atoms with E-state index in [-0.39, 0.29) is 6.42 Å². The van der Waals surface area contributed by atoms with Crippen molar-refractivity contribution in [2.75, 3.05) is 7.11 Å². The molecule has 0 unspecified atom stereocenters. The van der Waals surface area contributed by atoms with Gasteiger partial charge >= 0.3 is 5.97 Å². The van der Waals surface area contributed by atoms with E-state index >= 15 is 0 Å². The van der Waals surface area contributed by atoms with Gasteiger partial charge in [0.2, 0.25) is 5.91 Å². The van der Waals surface area contributed by atoms with E-state index in [2.05, 4.69) is 5.32 Å². The van der Waals surface area contributed by atoms with Crippen molar-refractivity contribution in [2.24, 2.45) is 0 Å². The van der Waals surface area contributed by atoms with Crippen molar-refractivity contribution < 1.29 is 24.2 Å². The molecule has 0 bridgehead atoms. The standard InChI is InChI=1S/C19H21NO5/c1-13(21)20-16(19(22)23)11-15-9-6-10-17(24-2)18(15)25-12-14-7-4-3-5-8-14/h3-10,16H,11-12H2,1-2H3,(H,20,21)(H,22,23)/t16-/m0/s1. The van der Waals surface area contributed by atoms with Crippen molar-refractivity contribution in [3.05, 3.63) is 59.7 Å². The van der Waals surface area contributed by atoms with Crippen LogP contribution in [0, 0.1) is 0 Å². The predicted octanol–water partition coefficient (Wildman–Crippen LogP) is 2.41. The fraction of sp³-hybridized carbons (Fsp3) is 0.263. The van der Waals surface area contributed by atoms with Gasteiger partial charge in [-0.3, -0.25) is 4.79 Å². The second kappa shape index (κ2) is 8.73. The van der Waals surface area contributed by atoms with Crippen LogP contribution in [-0.4, -0.2) is 30.1 Å². The monoisotopic (exact) mass is 343 g/mol. The van der Waals surface area contributed by atoms with E-state index in [9.17, 15) is 14.7 Å². The summed E-state index contributed by atoms with van der Waals surface area (Å²) in [4.78, 5) is 22.6. The number of carboxylic acids is 1. The molecule has 2 N–H and O–H groups in total. The van der Waals surface area contributed by atoms with Crippen molar-refractivity contribution in [3.63, 3.8) is 0 Å². The van der Waals surface area contributed by atoms with Gasteiger partial charge in [-0.25, -0.2) is 4.79 Å². The molecule has 0 aromatic heterocycles. The van der Waals surface area contributed by atoms with Gasteiger partial charge in [-0.05, 0) is 11.6 Å². The Hall–Kier alpha value is -3.02. The van der Waals surface area contributed by atoms with Gasteiger partial charge < -0.3 is 19.9 Å². The lowest BCUT2D eigenvalue weighted by molar-refractivity contribution is -0.141. The molecule has 1 amide bonds. The number of benzene rings is 2. The summed E-state index contributed by atoms with van der Waals surface area (Å²) in [5, 5.41) is 11.8. The molecular formula is C19H21NO5. The molecule has 0 saturated heterocycles. The number of carbonyl (C=O) groups excluding carboxylic acids is 1. The molecule has 0 fully saturated rings. The summed E-state index contributed by atoms with van der Waals surface area (Å²) in [5.41, 5.74) is 1.63. The highest BCUT2D eigenvalue weighted by Gasteiger charge is 2.22. The van der Waals surface area contributed by atoms with E-state index in [4.69, 9.17) is 9.47 Å². The fourth-order valence-corrected chi connectivity index (χ4v) is 2.44. The number of methoxy groups -OCH3 is 1. The molecule has 6 nitrogen and oxygen atoms in total. The van der Waals surface area contributed by atoms with Crippen LogP contribution < -0.4 is 14.8 Å². The number of para-hydroxylation sites is 1. The first kappa shape index (κ1) is 18.3. The first-order valence-electron chi connectivity index (χ1n) is 7.83. The minimum absolute atomic E-state index is 0.0935. The van der Waals surface area contributed by atoms with Crippen molar-refractivity contribution in [3.8, 4) is 11.5 Å². The summed E-state index contributed by atoms with van der Waals surface area (Å²) in [6.45, 7) is 1.61. The van der Waals surface area contributed by atoms with Crippen molar-refractivity contribution in [2.45, 2.75) is 26.0 Å². The summed E-state index contributed by atoms with van der Waals surface area (Å²) in [6.07, 6.45) is 0.0935. The number of nitrogens with one attached hydrogen (secondary N) is 1. The van der Waals surface area contributed by atoms with Gasteiger partial charge in [0.05, 0.1) is 7.11 Å². The first-order valence-corrected chi connectivity index (χ1v) is 7.83. The number of amides is 1. The van der Waals surface area contributed by atoms with Gasteiger partial charge in [0, 0.05) is 18.9 Å². The van der Waals surface area contributed by atoms with E-state index in [0.717, 1.165) is 5.56 Å². The maximum atomic E-state index is 11.4. The highest BCUT2D eigenvalue weighted by atomic mass is 16.5. The minimum Gasteiger partial charge on any atom is -0.493 e.